The molecular formula is C32H39N3O3S. The maximum atomic E-state index is 13.5. The van der Waals surface area contributed by atoms with Gasteiger partial charge in [-0.3, -0.25) is 9.69 Å². The smallest absolute Gasteiger partial charge is 0.227 e. The SMILES string of the molecule is O=C([C@H]1CCCN(S(=O)(=O)CCCc2ccccc2)C1)N1CCN(C(c2ccccc2)c2ccccc2)CC1. The molecule has 0 aromatic heterocycles. The van der Waals surface area contributed by atoms with Gasteiger partial charge < -0.3 is 4.90 Å². The molecule has 206 valence electrons. The van der Waals surface area contributed by atoms with E-state index in [0.717, 1.165) is 37.9 Å². The third kappa shape index (κ3) is 6.96. The molecule has 3 aromatic carbocycles. The highest BCUT2D eigenvalue weighted by Gasteiger charge is 2.36. The maximum Gasteiger partial charge on any atom is 0.227 e. The summed E-state index contributed by atoms with van der Waals surface area (Å²) in [7, 11) is -3.38. The molecule has 2 aliphatic rings. The second kappa shape index (κ2) is 12.9. The fraction of sp³-hybridized carbons (Fsp3) is 0.406. The molecule has 2 heterocycles. The summed E-state index contributed by atoms with van der Waals surface area (Å²) < 4.78 is 27.8. The van der Waals surface area contributed by atoms with Crippen molar-refractivity contribution < 1.29 is 13.2 Å². The van der Waals surface area contributed by atoms with Crippen LogP contribution in [0, 0.1) is 5.92 Å². The first kappa shape index (κ1) is 27.6. The summed E-state index contributed by atoms with van der Waals surface area (Å²) in [4.78, 5) is 17.9. The van der Waals surface area contributed by atoms with Crippen LogP contribution in [0.4, 0.5) is 0 Å². The monoisotopic (exact) mass is 545 g/mol. The molecule has 0 N–H and O–H groups in total. The average Bonchev–Trinajstić information content (AvgIpc) is 2.99. The first-order valence-corrected chi connectivity index (χ1v) is 15.8. The van der Waals surface area contributed by atoms with E-state index in [-0.39, 0.29) is 23.6 Å². The standard InChI is InChI=1S/C32H39N3O3S/c36-32(30-19-10-20-35(26-30)39(37,38)25-11-14-27-12-4-1-5-13-27)34-23-21-33(22-24-34)31(28-15-6-2-7-16-28)29-17-8-3-9-18-29/h1-9,12-13,15-18,30-31H,10-11,14,19-26H2/t30-/m0/s1. The zero-order chi connectivity index (χ0) is 27.1. The van der Waals surface area contributed by atoms with Crippen LogP contribution in [0.1, 0.15) is 42.0 Å². The molecule has 0 unspecified atom stereocenters. The van der Waals surface area contributed by atoms with E-state index in [1.54, 1.807) is 4.31 Å². The number of benzene rings is 3. The maximum absolute atomic E-state index is 13.5. The van der Waals surface area contributed by atoms with Crippen LogP contribution in [0.25, 0.3) is 0 Å². The highest BCUT2D eigenvalue weighted by Crippen LogP contribution is 2.30. The van der Waals surface area contributed by atoms with Gasteiger partial charge in [0.25, 0.3) is 0 Å². The zero-order valence-corrected chi connectivity index (χ0v) is 23.4. The predicted octanol–water partition coefficient (Wildman–Crippen LogP) is 4.59. The fourth-order valence-electron chi connectivity index (χ4n) is 5.97. The van der Waals surface area contributed by atoms with Crippen LogP contribution in [-0.4, -0.2) is 73.5 Å². The zero-order valence-electron chi connectivity index (χ0n) is 22.6. The first-order valence-electron chi connectivity index (χ1n) is 14.2. The Morgan fingerprint density at radius 1 is 0.769 bits per heavy atom. The molecule has 0 aliphatic carbocycles. The highest BCUT2D eigenvalue weighted by atomic mass is 32.2. The van der Waals surface area contributed by atoms with E-state index in [0.29, 0.717) is 32.6 Å². The Bertz CT molecular complexity index is 1250. The van der Waals surface area contributed by atoms with E-state index >= 15 is 0 Å². The van der Waals surface area contributed by atoms with Crippen LogP contribution in [-0.2, 0) is 21.2 Å². The van der Waals surface area contributed by atoms with Gasteiger partial charge in [-0.15, -0.1) is 0 Å². The minimum absolute atomic E-state index is 0.106. The number of aryl methyl sites for hydroxylation is 1. The molecule has 1 atom stereocenters. The van der Waals surface area contributed by atoms with Crippen LogP contribution in [0.3, 0.4) is 0 Å². The Labute approximate surface area is 233 Å². The van der Waals surface area contributed by atoms with Crippen molar-refractivity contribution in [1.29, 1.82) is 0 Å². The van der Waals surface area contributed by atoms with Crippen LogP contribution >= 0.6 is 0 Å². The van der Waals surface area contributed by atoms with Crippen LogP contribution < -0.4 is 0 Å². The lowest BCUT2D eigenvalue weighted by Crippen LogP contribution is -2.53. The minimum Gasteiger partial charge on any atom is -0.340 e. The van der Waals surface area contributed by atoms with Gasteiger partial charge in [0.2, 0.25) is 15.9 Å². The van der Waals surface area contributed by atoms with Gasteiger partial charge in [0, 0.05) is 39.3 Å². The largest absolute Gasteiger partial charge is 0.340 e. The van der Waals surface area contributed by atoms with Gasteiger partial charge in [0.1, 0.15) is 0 Å². The van der Waals surface area contributed by atoms with E-state index in [9.17, 15) is 13.2 Å². The molecule has 0 bridgehead atoms. The quantitative estimate of drug-likeness (QED) is 0.395. The Hall–Kier alpha value is -3.00. The van der Waals surface area contributed by atoms with Gasteiger partial charge in [-0.25, -0.2) is 12.7 Å². The molecule has 0 saturated carbocycles. The summed E-state index contributed by atoms with van der Waals surface area (Å²) in [6.45, 7) is 3.72. The second-order valence-corrected chi connectivity index (χ2v) is 12.8. The fourth-order valence-corrected chi connectivity index (χ4v) is 7.55. The Morgan fingerprint density at radius 2 is 1.33 bits per heavy atom. The summed E-state index contributed by atoms with van der Waals surface area (Å²) in [6, 6.07) is 31.2. The molecule has 7 heteroatoms. The molecule has 5 rings (SSSR count). The van der Waals surface area contributed by atoms with Crippen molar-refractivity contribution >= 4 is 15.9 Å². The Morgan fingerprint density at radius 3 is 1.92 bits per heavy atom. The number of sulfonamides is 1. The van der Waals surface area contributed by atoms with Crippen LogP contribution in [0.15, 0.2) is 91.0 Å². The third-order valence-electron chi connectivity index (χ3n) is 8.06. The summed E-state index contributed by atoms with van der Waals surface area (Å²) in [5, 5.41) is 0. The number of amides is 1. The number of piperazine rings is 1. The molecule has 1 amide bonds. The molecular weight excluding hydrogens is 506 g/mol. The summed E-state index contributed by atoms with van der Waals surface area (Å²) >= 11 is 0. The van der Waals surface area contributed by atoms with Crippen molar-refractivity contribution in [3.63, 3.8) is 0 Å². The van der Waals surface area contributed by atoms with Gasteiger partial charge in [0.05, 0.1) is 17.7 Å². The highest BCUT2D eigenvalue weighted by molar-refractivity contribution is 7.89. The van der Waals surface area contributed by atoms with Crippen LogP contribution in [0.5, 0.6) is 0 Å². The lowest BCUT2D eigenvalue weighted by Gasteiger charge is -2.41. The molecule has 0 radical (unpaired) electrons. The number of carbonyl (C=O) groups is 1. The van der Waals surface area contributed by atoms with Gasteiger partial charge >= 0.3 is 0 Å². The average molecular weight is 546 g/mol. The van der Waals surface area contributed by atoms with Crippen molar-refractivity contribution in [1.82, 2.24) is 14.1 Å². The number of rotatable bonds is 9. The lowest BCUT2D eigenvalue weighted by atomic mass is 9.95. The summed E-state index contributed by atoms with van der Waals surface area (Å²) in [6.07, 6.45) is 2.82. The van der Waals surface area contributed by atoms with Gasteiger partial charge in [-0.1, -0.05) is 91.0 Å². The topological polar surface area (TPSA) is 60.9 Å². The van der Waals surface area contributed by atoms with E-state index < -0.39 is 10.0 Å². The predicted molar refractivity (Wildman–Crippen MR) is 156 cm³/mol. The molecule has 3 aromatic rings. The van der Waals surface area contributed by atoms with Crippen LogP contribution in [0.2, 0.25) is 0 Å². The number of carbonyl (C=O) groups excluding carboxylic acids is 1. The van der Waals surface area contributed by atoms with Crippen molar-refractivity contribution in [2.24, 2.45) is 5.92 Å². The van der Waals surface area contributed by atoms with Gasteiger partial charge in [-0.05, 0) is 42.4 Å². The molecule has 2 fully saturated rings. The molecule has 2 aliphatic heterocycles. The Balaban J connectivity index is 1.17. The van der Waals surface area contributed by atoms with E-state index in [1.807, 2.05) is 47.4 Å². The van der Waals surface area contributed by atoms with Crippen molar-refractivity contribution in [3.05, 3.63) is 108 Å². The number of nitrogens with zero attached hydrogens (tertiary/aromatic N) is 3. The minimum atomic E-state index is -3.38. The first-order chi connectivity index (χ1) is 19.0. The van der Waals surface area contributed by atoms with Gasteiger partial charge in [-0.2, -0.15) is 0 Å². The molecule has 0 spiro atoms. The molecule has 2 saturated heterocycles. The van der Waals surface area contributed by atoms with E-state index in [1.165, 1.54) is 11.1 Å². The second-order valence-electron chi connectivity index (χ2n) is 10.7. The normalized spacial score (nSPS) is 19.3. The van der Waals surface area contributed by atoms with Crippen molar-refractivity contribution in [2.75, 3.05) is 45.0 Å². The molecule has 6 nitrogen and oxygen atoms in total. The molecule has 39 heavy (non-hydrogen) atoms. The lowest BCUT2D eigenvalue weighted by molar-refractivity contribution is -0.138. The van der Waals surface area contributed by atoms with E-state index in [4.69, 9.17) is 0 Å². The Kier molecular flexibility index (Phi) is 9.12. The van der Waals surface area contributed by atoms with E-state index in [2.05, 4.69) is 53.4 Å². The van der Waals surface area contributed by atoms with Crippen molar-refractivity contribution in [3.8, 4) is 0 Å². The number of hydrogen-bond donors (Lipinski definition) is 0. The summed E-state index contributed by atoms with van der Waals surface area (Å²) in [5.74, 6) is -0.0231. The number of piperidine rings is 1. The third-order valence-corrected chi connectivity index (χ3v) is 9.98. The van der Waals surface area contributed by atoms with Gasteiger partial charge in [0.15, 0.2) is 0 Å². The number of hydrogen-bond acceptors (Lipinski definition) is 4. The van der Waals surface area contributed by atoms with Crippen molar-refractivity contribution in [2.45, 2.75) is 31.7 Å². The summed E-state index contributed by atoms with van der Waals surface area (Å²) in [5.41, 5.74) is 3.66.